The standard InChI is InChI=1S/C12H17NO/c1-12(7-2-8-13-9-12)10-3-5-11(14)6-4-10/h3-6,13-14H,2,7-9H2,1H3. The van der Waals surface area contributed by atoms with Crippen LogP contribution >= 0.6 is 0 Å². The van der Waals surface area contributed by atoms with Crippen molar-refractivity contribution < 1.29 is 5.11 Å². The molecule has 0 aliphatic carbocycles. The summed E-state index contributed by atoms with van der Waals surface area (Å²) in [6.45, 7) is 4.46. The third-order valence-corrected chi connectivity index (χ3v) is 3.16. The third-order valence-electron chi connectivity index (χ3n) is 3.16. The molecule has 1 aromatic carbocycles. The number of hydrogen-bond acceptors (Lipinski definition) is 2. The molecule has 1 aliphatic rings. The van der Waals surface area contributed by atoms with E-state index in [0.29, 0.717) is 5.75 Å². The minimum absolute atomic E-state index is 0.242. The first kappa shape index (κ1) is 9.53. The Bertz CT molecular complexity index is 299. The smallest absolute Gasteiger partial charge is 0.115 e. The first-order valence-electron chi connectivity index (χ1n) is 5.21. The fourth-order valence-electron chi connectivity index (χ4n) is 2.17. The zero-order valence-corrected chi connectivity index (χ0v) is 8.59. The van der Waals surface area contributed by atoms with E-state index in [1.54, 1.807) is 12.1 Å². The van der Waals surface area contributed by atoms with Gasteiger partial charge in [0.05, 0.1) is 0 Å². The predicted octanol–water partition coefficient (Wildman–Crippen LogP) is 2.03. The van der Waals surface area contributed by atoms with Crippen molar-refractivity contribution in [3.63, 3.8) is 0 Å². The molecule has 0 bridgehead atoms. The lowest BCUT2D eigenvalue weighted by molar-refractivity contribution is 0.339. The summed E-state index contributed by atoms with van der Waals surface area (Å²) in [4.78, 5) is 0. The van der Waals surface area contributed by atoms with Crippen molar-refractivity contribution in [2.45, 2.75) is 25.2 Å². The van der Waals surface area contributed by atoms with Crippen molar-refractivity contribution in [3.8, 4) is 5.75 Å². The number of nitrogens with one attached hydrogen (secondary N) is 1. The van der Waals surface area contributed by atoms with Gasteiger partial charge in [0.15, 0.2) is 0 Å². The molecule has 2 nitrogen and oxygen atoms in total. The van der Waals surface area contributed by atoms with Crippen molar-refractivity contribution in [1.82, 2.24) is 5.32 Å². The van der Waals surface area contributed by atoms with E-state index < -0.39 is 0 Å². The SMILES string of the molecule is CC1(c2ccc(O)cc2)CCCNC1. The number of phenols is 1. The summed E-state index contributed by atoms with van der Waals surface area (Å²) in [5.41, 5.74) is 1.56. The summed E-state index contributed by atoms with van der Waals surface area (Å²) < 4.78 is 0. The van der Waals surface area contributed by atoms with Gasteiger partial charge in [-0.1, -0.05) is 19.1 Å². The van der Waals surface area contributed by atoms with Crippen LogP contribution in [0.3, 0.4) is 0 Å². The number of benzene rings is 1. The van der Waals surface area contributed by atoms with Gasteiger partial charge in [-0.2, -0.15) is 0 Å². The summed E-state index contributed by atoms with van der Waals surface area (Å²) in [6, 6.07) is 7.61. The minimum Gasteiger partial charge on any atom is -0.508 e. The Balaban J connectivity index is 2.23. The summed E-state index contributed by atoms with van der Waals surface area (Å²) in [6.07, 6.45) is 2.46. The highest BCUT2D eigenvalue weighted by molar-refractivity contribution is 5.31. The van der Waals surface area contributed by atoms with E-state index >= 15 is 0 Å². The van der Waals surface area contributed by atoms with Gasteiger partial charge in [0.25, 0.3) is 0 Å². The topological polar surface area (TPSA) is 32.3 Å². The van der Waals surface area contributed by atoms with Crippen LogP contribution < -0.4 is 5.32 Å². The monoisotopic (exact) mass is 191 g/mol. The molecule has 1 aliphatic heterocycles. The first-order chi connectivity index (χ1) is 6.71. The number of phenolic OH excluding ortho intramolecular Hbond substituents is 1. The quantitative estimate of drug-likeness (QED) is 0.712. The van der Waals surface area contributed by atoms with Crippen molar-refractivity contribution >= 4 is 0 Å². The molecule has 1 fully saturated rings. The zero-order valence-electron chi connectivity index (χ0n) is 8.59. The molecule has 0 radical (unpaired) electrons. The average molecular weight is 191 g/mol. The fraction of sp³-hybridized carbons (Fsp3) is 0.500. The van der Waals surface area contributed by atoms with Gasteiger partial charge < -0.3 is 10.4 Å². The first-order valence-corrected chi connectivity index (χ1v) is 5.21. The number of hydrogen-bond donors (Lipinski definition) is 2. The Morgan fingerprint density at radius 1 is 1.29 bits per heavy atom. The second kappa shape index (κ2) is 3.62. The van der Waals surface area contributed by atoms with Crippen LogP contribution in [-0.2, 0) is 5.41 Å². The Morgan fingerprint density at radius 2 is 2.00 bits per heavy atom. The highest BCUT2D eigenvalue weighted by Gasteiger charge is 2.28. The highest BCUT2D eigenvalue weighted by Crippen LogP contribution is 2.31. The maximum Gasteiger partial charge on any atom is 0.115 e. The lowest BCUT2D eigenvalue weighted by Gasteiger charge is -2.34. The van der Waals surface area contributed by atoms with Gasteiger partial charge in [-0.15, -0.1) is 0 Å². The molecule has 1 atom stereocenters. The van der Waals surface area contributed by atoms with E-state index in [1.807, 2.05) is 12.1 Å². The third kappa shape index (κ3) is 1.75. The lowest BCUT2D eigenvalue weighted by atomic mass is 9.77. The van der Waals surface area contributed by atoms with E-state index in [1.165, 1.54) is 18.4 Å². The van der Waals surface area contributed by atoms with Crippen molar-refractivity contribution in [2.24, 2.45) is 0 Å². The number of aromatic hydroxyl groups is 1. The maximum atomic E-state index is 9.22. The second-order valence-corrected chi connectivity index (χ2v) is 4.39. The van der Waals surface area contributed by atoms with Gasteiger partial charge in [0.2, 0.25) is 0 Å². The normalized spacial score (nSPS) is 27.5. The Morgan fingerprint density at radius 3 is 2.57 bits per heavy atom. The van der Waals surface area contributed by atoms with E-state index in [0.717, 1.165) is 13.1 Å². The maximum absolute atomic E-state index is 9.22. The summed E-state index contributed by atoms with van der Waals surface area (Å²) >= 11 is 0. The van der Waals surface area contributed by atoms with Crippen molar-refractivity contribution in [2.75, 3.05) is 13.1 Å². The molecule has 0 saturated carbocycles. The van der Waals surface area contributed by atoms with Crippen molar-refractivity contribution in [3.05, 3.63) is 29.8 Å². The molecular formula is C12H17NO. The van der Waals surface area contributed by atoms with Crippen LogP contribution in [0.25, 0.3) is 0 Å². The average Bonchev–Trinajstić information content (AvgIpc) is 2.19. The zero-order chi connectivity index (χ0) is 10.0. The molecular weight excluding hydrogens is 174 g/mol. The van der Waals surface area contributed by atoms with Crippen LogP contribution in [0, 0.1) is 0 Å². The van der Waals surface area contributed by atoms with E-state index in [4.69, 9.17) is 0 Å². The fourth-order valence-corrected chi connectivity index (χ4v) is 2.17. The van der Waals surface area contributed by atoms with Crippen LogP contribution in [0.1, 0.15) is 25.3 Å². The molecule has 1 aromatic rings. The summed E-state index contributed by atoms with van der Waals surface area (Å²) in [5, 5.41) is 12.6. The minimum atomic E-state index is 0.242. The molecule has 0 aromatic heterocycles. The summed E-state index contributed by atoms with van der Waals surface area (Å²) in [5.74, 6) is 0.348. The molecule has 14 heavy (non-hydrogen) atoms. The van der Waals surface area contributed by atoms with Crippen LogP contribution in [-0.4, -0.2) is 18.2 Å². The molecule has 2 rings (SSSR count). The second-order valence-electron chi connectivity index (χ2n) is 4.39. The van der Waals surface area contributed by atoms with Gasteiger partial charge >= 0.3 is 0 Å². The van der Waals surface area contributed by atoms with Crippen LogP contribution in [0.5, 0.6) is 5.75 Å². The van der Waals surface area contributed by atoms with Crippen molar-refractivity contribution in [1.29, 1.82) is 0 Å². The Labute approximate surface area is 85.0 Å². The van der Waals surface area contributed by atoms with Gasteiger partial charge in [-0.25, -0.2) is 0 Å². The van der Waals surface area contributed by atoms with Crippen LogP contribution in [0.4, 0.5) is 0 Å². The Kier molecular flexibility index (Phi) is 2.46. The van der Waals surface area contributed by atoms with Gasteiger partial charge in [0.1, 0.15) is 5.75 Å². The van der Waals surface area contributed by atoms with Crippen LogP contribution in [0.2, 0.25) is 0 Å². The highest BCUT2D eigenvalue weighted by atomic mass is 16.3. The summed E-state index contributed by atoms with van der Waals surface area (Å²) in [7, 11) is 0. The van der Waals surface area contributed by atoms with Crippen LogP contribution in [0.15, 0.2) is 24.3 Å². The largest absolute Gasteiger partial charge is 0.508 e. The van der Waals surface area contributed by atoms with Gasteiger partial charge in [0, 0.05) is 12.0 Å². The molecule has 76 valence electrons. The molecule has 0 amide bonds. The van der Waals surface area contributed by atoms with Gasteiger partial charge in [-0.05, 0) is 37.1 Å². The molecule has 1 saturated heterocycles. The van der Waals surface area contributed by atoms with E-state index in [2.05, 4.69) is 12.2 Å². The Hall–Kier alpha value is -1.02. The molecule has 2 N–H and O–H groups in total. The molecule has 0 spiro atoms. The lowest BCUT2D eigenvalue weighted by Crippen LogP contribution is -2.40. The van der Waals surface area contributed by atoms with E-state index in [-0.39, 0.29) is 5.41 Å². The number of piperidine rings is 1. The molecule has 2 heteroatoms. The number of rotatable bonds is 1. The predicted molar refractivity (Wildman–Crippen MR) is 57.6 cm³/mol. The van der Waals surface area contributed by atoms with Gasteiger partial charge in [-0.3, -0.25) is 0 Å². The molecule has 1 unspecified atom stereocenters. The van der Waals surface area contributed by atoms with E-state index in [9.17, 15) is 5.11 Å². The molecule has 1 heterocycles.